The van der Waals surface area contributed by atoms with Crippen LogP contribution in [-0.2, 0) is 21.2 Å². The van der Waals surface area contributed by atoms with E-state index in [4.69, 9.17) is 0 Å². The summed E-state index contributed by atoms with van der Waals surface area (Å²) in [6.45, 7) is 4.11. The molecular formula is C25H28N2O3S. The van der Waals surface area contributed by atoms with Crippen molar-refractivity contribution in [2.75, 3.05) is 17.4 Å². The molecular weight excluding hydrogens is 408 g/mol. The second-order valence-corrected chi connectivity index (χ2v) is 9.39. The Morgan fingerprint density at radius 2 is 1.52 bits per heavy atom. The van der Waals surface area contributed by atoms with Gasteiger partial charge < -0.3 is 5.32 Å². The van der Waals surface area contributed by atoms with Gasteiger partial charge in [0.2, 0.25) is 5.91 Å². The van der Waals surface area contributed by atoms with Crippen LogP contribution in [0.25, 0.3) is 0 Å². The van der Waals surface area contributed by atoms with Crippen LogP contribution in [0.2, 0.25) is 0 Å². The summed E-state index contributed by atoms with van der Waals surface area (Å²) >= 11 is 0. The van der Waals surface area contributed by atoms with E-state index in [1.807, 2.05) is 38.1 Å². The van der Waals surface area contributed by atoms with Crippen molar-refractivity contribution >= 4 is 21.6 Å². The molecule has 0 aliphatic carbocycles. The Hall–Kier alpha value is -3.12. The van der Waals surface area contributed by atoms with E-state index in [1.54, 1.807) is 42.5 Å². The molecule has 0 heterocycles. The molecule has 0 saturated carbocycles. The van der Waals surface area contributed by atoms with Crippen LogP contribution in [0, 0.1) is 13.8 Å². The highest BCUT2D eigenvalue weighted by molar-refractivity contribution is 7.92. The summed E-state index contributed by atoms with van der Waals surface area (Å²) < 4.78 is 27.8. The van der Waals surface area contributed by atoms with Gasteiger partial charge in [-0.2, -0.15) is 0 Å². The van der Waals surface area contributed by atoms with Gasteiger partial charge in [0.15, 0.2) is 0 Å². The van der Waals surface area contributed by atoms with Crippen molar-refractivity contribution in [3.63, 3.8) is 0 Å². The molecule has 1 amide bonds. The number of amides is 1. The number of benzene rings is 3. The number of nitrogens with one attached hydrogen (secondary N) is 1. The normalized spacial score (nSPS) is 11.2. The molecule has 0 spiro atoms. The summed E-state index contributed by atoms with van der Waals surface area (Å²) in [5.41, 5.74) is 3.71. The minimum atomic E-state index is -3.88. The van der Waals surface area contributed by atoms with Crippen LogP contribution in [0.3, 0.4) is 0 Å². The third-order valence-corrected chi connectivity index (χ3v) is 6.99. The molecule has 0 fully saturated rings. The SMILES string of the molecule is Cc1ccc(N(CC(=O)NCCCc2ccccc2)S(=O)(=O)c2ccccc2)cc1C. The third kappa shape index (κ3) is 5.95. The largest absolute Gasteiger partial charge is 0.355 e. The first-order valence-corrected chi connectivity index (χ1v) is 11.8. The first kappa shape index (κ1) is 22.6. The van der Waals surface area contributed by atoms with E-state index in [0.29, 0.717) is 12.2 Å². The van der Waals surface area contributed by atoms with Crippen molar-refractivity contribution in [2.24, 2.45) is 0 Å². The maximum atomic E-state index is 13.3. The van der Waals surface area contributed by atoms with Crippen LogP contribution >= 0.6 is 0 Å². The van der Waals surface area contributed by atoms with Gasteiger partial charge in [-0.15, -0.1) is 0 Å². The molecule has 31 heavy (non-hydrogen) atoms. The molecule has 0 aromatic heterocycles. The standard InChI is InChI=1S/C25H28N2O3S/c1-20-15-16-23(18-21(20)2)27(31(29,30)24-13-7-4-8-14-24)19-25(28)26-17-9-12-22-10-5-3-6-11-22/h3-8,10-11,13-16,18H,9,12,17,19H2,1-2H3,(H,26,28). The highest BCUT2D eigenvalue weighted by Crippen LogP contribution is 2.25. The van der Waals surface area contributed by atoms with Crippen LogP contribution in [0.5, 0.6) is 0 Å². The second-order valence-electron chi connectivity index (χ2n) is 7.53. The van der Waals surface area contributed by atoms with Gasteiger partial charge in [0, 0.05) is 6.54 Å². The molecule has 3 aromatic rings. The van der Waals surface area contributed by atoms with E-state index in [0.717, 1.165) is 24.0 Å². The summed E-state index contributed by atoms with van der Waals surface area (Å²) in [4.78, 5) is 12.8. The zero-order valence-corrected chi connectivity index (χ0v) is 18.7. The number of rotatable bonds is 9. The van der Waals surface area contributed by atoms with E-state index in [9.17, 15) is 13.2 Å². The van der Waals surface area contributed by atoms with Gasteiger partial charge >= 0.3 is 0 Å². The number of aryl methyl sites for hydroxylation is 3. The maximum absolute atomic E-state index is 13.3. The van der Waals surface area contributed by atoms with Crippen molar-refractivity contribution < 1.29 is 13.2 Å². The lowest BCUT2D eigenvalue weighted by Crippen LogP contribution is -2.41. The van der Waals surface area contributed by atoms with Crippen molar-refractivity contribution in [2.45, 2.75) is 31.6 Å². The lowest BCUT2D eigenvalue weighted by Gasteiger charge is -2.25. The fourth-order valence-electron chi connectivity index (χ4n) is 3.27. The first-order chi connectivity index (χ1) is 14.9. The lowest BCUT2D eigenvalue weighted by molar-refractivity contribution is -0.119. The fraction of sp³-hybridized carbons (Fsp3) is 0.240. The molecule has 5 nitrogen and oxygen atoms in total. The van der Waals surface area contributed by atoms with Crippen LogP contribution in [0.15, 0.2) is 83.8 Å². The monoisotopic (exact) mass is 436 g/mol. The highest BCUT2D eigenvalue weighted by Gasteiger charge is 2.27. The summed E-state index contributed by atoms with van der Waals surface area (Å²) in [6, 6.07) is 23.7. The van der Waals surface area contributed by atoms with Crippen molar-refractivity contribution in [1.82, 2.24) is 5.32 Å². The molecule has 0 radical (unpaired) electrons. The second kappa shape index (κ2) is 10.3. The van der Waals surface area contributed by atoms with Gasteiger partial charge in [0.1, 0.15) is 6.54 Å². The van der Waals surface area contributed by atoms with E-state index in [1.165, 1.54) is 9.87 Å². The Labute approximate surface area is 184 Å². The van der Waals surface area contributed by atoms with Gasteiger partial charge in [-0.3, -0.25) is 9.10 Å². The molecule has 162 valence electrons. The average Bonchev–Trinajstić information content (AvgIpc) is 2.78. The lowest BCUT2D eigenvalue weighted by atomic mass is 10.1. The van der Waals surface area contributed by atoms with Crippen molar-refractivity contribution in [3.05, 3.63) is 95.6 Å². The molecule has 3 rings (SSSR count). The Balaban J connectivity index is 1.73. The van der Waals surface area contributed by atoms with Crippen molar-refractivity contribution in [3.8, 4) is 0 Å². The van der Waals surface area contributed by atoms with Gasteiger partial charge in [0.05, 0.1) is 10.6 Å². The maximum Gasteiger partial charge on any atom is 0.264 e. The van der Waals surface area contributed by atoms with Crippen LogP contribution in [0.4, 0.5) is 5.69 Å². The quantitative estimate of drug-likeness (QED) is 0.510. The van der Waals surface area contributed by atoms with Gasteiger partial charge in [-0.05, 0) is 67.6 Å². The zero-order chi connectivity index (χ0) is 22.3. The molecule has 0 saturated heterocycles. The molecule has 6 heteroatoms. The van der Waals surface area contributed by atoms with E-state index in [-0.39, 0.29) is 17.3 Å². The average molecular weight is 437 g/mol. The predicted molar refractivity (Wildman–Crippen MR) is 125 cm³/mol. The van der Waals surface area contributed by atoms with E-state index >= 15 is 0 Å². The molecule has 0 atom stereocenters. The fourth-order valence-corrected chi connectivity index (χ4v) is 4.70. The third-order valence-electron chi connectivity index (χ3n) is 5.20. The number of carbonyl (C=O) groups excluding carboxylic acids is 1. The number of hydrogen-bond donors (Lipinski definition) is 1. The van der Waals surface area contributed by atoms with Crippen LogP contribution < -0.4 is 9.62 Å². The predicted octanol–water partition coefficient (Wildman–Crippen LogP) is 4.25. The molecule has 0 unspecified atom stereocenters. The Morgan fingerprint density at radius 1 is 0.871 bits per heavy atom. The minimum absolute atomic E-state index is 0.158. The summed E-state index contributed by atoms with van der Waals surface area (Å²) in [6.07, 6.45) is 1.63. The van der Waals surface area contributed by atoms with Crippen LogP contribution in [-0.4, -0.2) is 27.4 Å². The number of sulfonamides is 1. The molecule has 3 aromatic carbocycles. The number of hydrogen-bond acceptors (Lipinski definition) is 3. The molecule has 0 aliphatic heterocycles. The summed E-state index contributed by atoms with van der Waals surface area (Å²) in [7, 11) is -3.88. The topological polar surface area (TPSA) is 66.5 Å². The summed E-state index contributed by atoms with van der Waals surface area (Å²) in [5.74, 6) is -0.328. The minimum Gasteiger partial charge on any atom is -0.355 e. The van der Waals surface area contributed by atoms with Gasteiger partial charge in [-0.25, -0.2) is 8.42 Å². The van der Waals surface area contributed by atoms with E-state index < -0.39 is 10.0 Å². The highest BCUT2D eigenvalue weighted by atomic mass is 32.2. The van der Waals surface area contributed by atoms with Crippen molar-refractivity contribution in [1.29, 1.82) is 0 Å². The Kier molecular flexibility index (Phi) is 7.47. The number of nitrogens with zero attached hydrogens (tertiary/aromatic N) is 1. The Bertz CT molecular complexity index is 1110. The smallest absolute Gasteiger partial charge is 0.264 e. The summed E-state index contributed by atoms with van der Waals surface area (Å²) in [5, 5.41) is 2.86. The Morgan fingerprint density at radius 3 is 2.16 bits per heavy atom. The number of anilines is 1. The first-order valence-electron chi connectivity index (χ1n) is 10.3. The molecule has 0 bridgehead atoms. The van der Waals surface area contributed by atoms with Gasteiger partial charge in [0.25, 0.3) is 10.0 Å². The molecule has 0 aliphatic rings. The molecule has 1 N–H and O–H groups in total. The van der Waals surface area contributed by atoms with Gasteiger partial charge in [-0.1, -0.05) is 54.6 Å². The number of carbonyl (C=O) groups is 1. The van der Waals surface area contributed by atoms with E-state index in [2.05, 4.69) is 17.4 Å². The zero-order valence-electron chi connectivity index (χ0n) is 17.9. The van der Waals surface area contributed by atoms with Crippen LogP contribution in [0.1, 0.15) is 23.1 Å².